The maximum absolute atomic E-state index is 12.5. The van der Waals surface area contributed by atoms with Crippen molar-refractivity contribution in [1.82, 2.24) is 19.5 Å². The van der Waals surface area contributed by atoms with Gasteiger partial charge in [0, 0.05) is 19.8 Å². The molecule has 2 unspecified atom stereocenters. The largest absolute Gasteiger partial charge is 0.383 e. The summed E-state index contributed by atoms with van der Waals surface area (Å²) >= 11 is 0. The van der Waals surface area contributed by atoms with E-state index in [1.807, 2.05) is 6.07 Å². The van der Waals surface area contributed by atoms with Crippen LogP contribution in [-0.4, -0.2) is 69.2 Å². The molecule has 2 N–H and O–H groups in total. The summed E-state index contributed by atoms with van der Waals surface area (Å²) in [6, 6.07) is 8.80. The number of hydrogen-bond acceptors (Lipinski definition) is 8. The molecule has 1 amide bonds. The third-order valence-electron chi connectivity index (χ3n) is 5.18. The van der Waals surface area contributed by atoms with Crippen molar-refractivity contribution in [3.05, 3.63) is 48.5 Å². The maximum atomic E-state index is 12.5. The molecule has 0 radical (unpaired) electrons. The molecule has 10 heteroatoms. The molecule has 3 aromatic rings. The average Bonchev–Trinajstić information content (AvgIpc) is 3.27. The van der Waals surface area contributed by atoms with Crippen LogP contribution in [-0.2, 0) is 14.2 Å². The Balaban J connectivity index is 1.67. The van der Waals surface area contributed by atoms with Crippen molar-refractivity contribution in [1.29, 1.82) is 0 Å². The van der Waals surface area contributed by atoms with E-state index in [4.69, 9.17) is 14.2 Å². The fourth-order valence-electron chi connectivity index (χ4n) is 3.80. The normalized spacial score (nSPS) is 26.2. The molecule has 30 heavy (non-hydrogen) atoms. The third kappa shape index (κ3) is 3.43. The smallest absolute Gasteiger partial charge is 0.256 e. The number of imidazole rings is 1. The van der Waals surface area contributed by atoms with Gasteiger partial charge < -0.3 is 24.6 Å². The van der Waals surface area contributed by atoms with Crippen molar-refractivity contribution in [3.63, 3.8) is 0 Å². The fraction of sp³-hybridized carbons (Fsp3) is 0.400. The second-order valence-corrected chi connectivity index (χ2v) is 7.23. The molecule has 0 bridgehead atoms. The van der Waals surface area contributed by atoms with Gasteiger partial charge in [-0.3, -0.25) is 9.36 Å². The Morgan fingerprint density at radius 1 is 1.27 bits per heavy atom. The van der Waals surface area contributed by atoms with Gasteiger partial charge in [0.2, 0.25) is 0 Å². The van der Waals surface area contributed by atoms with Crippen LogP contribution in [0.2, 0.25) is 0 Å². The lowest BCUT2D eigenvalue weighted by atomic mass is 9.96. The standard InChI is InChI=1S/C20H23N5O5/c1-20(27)15(29-3)13(9-28-2)30-19(20)25-11-23-14-16(21-10-22-17(14)25)24-18(26)12-7-5-4-6-8-12/h4-8,10-11,13,15,19,27H,9H2,1-3H3,(H,21,22,24,26)/t13-,15?,19-,20?/m1/s1. The molecule has 4 rings (SSSR count). The first-order chi connectivity index (χ1) is 14.5. The zero-order valence-corrected chi connectivity index (χ0v) is 16.8. The van der Waals surface area contributed by atoms with Gasteiger partial charge in [0.1, 0.15) is 24.1 Å². The minimum Gasteiger partial charge on any atom is -0.383 e. The third-order valence-corrected chi connectivity index (χ3v) is 5.18. The Kier molecular flexibility index (Phi) is 5.48. The molecule has 10 nitrogen and oxygen atoms in total. The number of nitrogens with zero attached hydrogens (tertiary/aromatic N) is 4. The summed E-state index contributed by atoms with van der Waals surface area (Å²) in [7, 11) is 3.07. The number of carbonyl (C=O) groups excluding carboxylic acids is 1. The number of aromatic nitrogens is 4. The lowest BCUT2D eigenvalue weighted by Gasteiger charge is -2.29. The van der Waals surface area contributed by atoms with Gasteiger partial charge in [-0.1, -0.05) is 18.2 Å². The summed E-state index contributed by atoms with van der Waals surface area (Å²) in [6.07, 6.45) is 0.916. The van der Waals surface area contributed by atoms with Crippen molar-refractivity contribution >= 4 is 22.9 Å². The number of aliphatic hydroxyl groups is 1. The van der Waals surface area contributed by atoms with Crippen molar-refractivity contribution in [2.45, 2.75) is 31.0 Å². The van der Waals surface area contributed by atoms with Gasteiger partial charge in [0.05, 0.1) is 12.9 Å². The average molecular weight is 413 g/mol. The molecule has 1 fully saturated rings. The Hall–Kier alpha value is -2.92. The van der Waals surface area contributed by atoms with Crippen LogP contribution in [0.1, 0.15) is 23.5 Å². The number of benzene rings is 1. The van der Waals surface area contributed by atoms with Gasteiger partial charge in [-0.2, -0.15) is 0 Å². The van der Waals surface area contributed by atoms with Gasteiger partial charge in [-0.25, -0.2) is 15.0 Å². The van der Waals surface area contributed by atoms with E-state index in [2.05, 4.69) is 20.3 Å². The minimum absolute atomic E-state index is 0.255. The molecule has 158 valence electrons. The fourth-order valence-corrected chi connectivity index (χ4v) is 3.80. The maximum Gasteiger partial charge on any atom is 0.256 e. The molecule has 1 saturated heterocycles. The number of ether oxygens (including phenoxy) is 3. The van der Waals surface area contributed by atoms with Crippen LogP contribution in [0.15, 0.2) is 43.0 Å². The lowest BCUT2D eigenvalue weighted by molar-refractivity contribution is -0.101. The Morgan fingerprint density at radius 2 is 2.03 bits per heavy atom. The van der Waals surface area contributed by atoms with Crippen molar-refractivity contribution in [3.8, 4) is 0 Å². The van der Waals surface area contributed by atoms with E-state index in [1.54, 1.807) is 42.9 Å². The monoisotopic (exact) mass is 413 g/mol. The number of carbonyl (C=O) groups is 1. The van der Waals surface area contributed by atoms with Crippen LogP contribution in [0.4, 0.5) is 5.82 Å². The minimum atomic E-state index is -1.37. The highest BCUT2D eigenvalue weighted by Gasteiger charge is 2.54. The first kappa shape index (κ1) is 20.4. The summed E-state index contributed by atoms with van der Waals surface area (Å²) in [5.74, 6) is -0.0455. The topological polar surface area (TPSA) is 121 Å². The number of hydrogen-bond donors (Lipinski definition) is 2. The molecule has 1 aliphatic heterocycles. The van der Waals surface area contributed by atoms with E-state index in [-0.39, 0.29) is 18.3 Å². The Morgan fingerprint density at radius 3 is 2.73 bits per heavy atom. The molecule has 0 spiro atoms. The lowest BCUT2D eigenvalue weighted by Crippen LogP contribution is -2.45. The van der Waals surface area contributed by atoms with E-state index in [0.29, 0.717) is 16.7 Å². The van der Waals surface area contributed by atoms with E-state index < -0.39 is 24.0 Å². The molecule has 3 heterocycles. The van der Waals surface area contributed by atoms with Crippen LogP contribution in [0.3, 0.4) is 0 Å². The highest BCUT2D eigenvalue weighted by Crippen LogP contribution is 2.41. The van der Waals surface area contributed by atoms with E-state index in [9.17, 15) is 9.90 Å². The summed E-state index contributed by atoms with van der Waals surface area (Å²) in [5.41, 5.74) is -0.0859. The molecular weight excluding hydrogens is 390 g/mol. The predicted octanol–water partition coefficient (Wildman–Crippen LogP) is 1.39. The highest BCUT2D eigenvalue weighted by molar-refractivity contribution is 6.06. The number of amides is 1. The molecule has 1 aliphatic rings. The van der Waals surface area contributed by atoms with Crippen LogP contribution < -0.4 is 5.32 Å². The molecular formula is C20H23N5O5. The first-order valence-electron chi connectivity index (χ1n) is 9.41. The summed E-state index contributed by atoms with van der Waals surface area (Å²) in [6.45, 7) is 1.89. The molecule has 2 aromatic heterocycles. The number of fused-ring (bicyclic) bond motifs is 1. The molecule has 4 atom stereocenters. The summed E-state index contributed by atoms with van der Waals surface area (Å²) in [5, 5.41) is 13.9. The highest BCUT2D eigenvalue weighted by atomic mass is 16.6. The molecule has 0 aliphatic carbocycles. The van der Waals surface area contributed by atoms with Crippen molar-refractivity contribution in [2.75, 3.05) is 26.1 Å². The van der Waals surface area contributed by atoms with Gasteiger partial charge in [0.15, 0.2) is 23.2 Å². The van der Waals surface area contributed by atoms with E-state index in [1.165, 1.54) is 19.8 Å². The number of anilines is 1. The van der Waals surface area contributed by atoms with Gasteiger partial charge >= 0.3 is 0 Å². The van der Waals surface area contributed by atoms with Crippen LogP contribution in [0.5, 0.6) is 0 Å². The van der Waals surface area contributed by atoms with E-state index >= 15 is 0 Å². The van der Waals surface area contributed by atoms with Crippen LogP contribution in [0, 0.1) is 0 Å². The Bertz CT molecular complexity index is 1040. The van der Waals surface area contributed by atoms with Crippen molar-refractivity contribution in [2.24, 2.45) is 0 Å². The molecule has 0 saturated carbocycles. The zero-order chi connectivity index (χ0) is 21.3. The van der Waals surface area contributed by atoms with Crippen LogP contribution in [0.25, 0.3) is 11.2 Å². The summed E-state index contributed by atoms with van der Waals surface area (Å²) < 4.78 is 18.3. The quantitative estimate of drug-likeness (QED) is 0.622. The van der Waals surface area contributed by atoms with Gasteiger partial charge in [0.25, 0.3) is 5.91 Å². The second kappa shape index (κ2) is 8.07. The van der Waals surface area contributed by atoms with Crippen LogP contribution >= 0.6 is 0 Å². The second-order valence-electron chi connectivity index (χ2n) is 7.23. The SMILES string of the molecule is COC[C@H]1O[C@@H](n2cnc3c(NC(=O)c4ccccc4)ncnc32)C(C)(O)C1OC. The number of methoxy groups -OCH3 is 2. The Labute approximate surface area is 172 Å². The zero-order valence-electron chi connectivity index (χ0n) is 16.8. The van der Waals surface area contributed by atoms with Gasteiger partial charge in [-0.05, 0) is 19.1 Å². The van der Waals surface area contributed by atoms with Crippen molar-refractivity contribution < 1.29 is 24.1 Å². The number of rotatable bonds is 6. The summed E-state index contributed by atoms with van der Waals surface area (Å²) in [4.78, 5) is 25.3. The van der Waals surface area contributed by atoms with Gasteiger partial charge in [-0.15, -0.1) is 0 Å². The predicted molar refractivity (Wildman–Crippen MR) is 107 cm³/mol. The first-order valence-corrected chi connectivity index (χ1v) is 9.41. The molecule has 1 aromatic carbocycles. The van der Waals surface area contributed by atoms with E-state index in [0.717, 1.165) is 0 Å². The number of nitrogens with one attached hydrogen (secondary N) is 1.